The maximum Gasteiger partial charge on any atom is 0.312 e. The van der Waals surface area contributed by atoms with Crippen LogP contribution < -0.4 is 11.1 Å². The Bertz CT molecular complexity index is 357. The summed E-state index contributed by atoms with van der Waals surface area (Å²) >= 11 is 2.14. The zero-order valence-corrected chi connectivity index (χ0v) is 10.4. The van der Waals surface area contributed by atoms with Crippen LogP contribution in [0.15, 0.2) is 24.3 Å². The molecule has 5 heteroatoms. The van der Waals surface area contributed by atoms with Gasteiger partial charge in [0.05, 0.1) is 12.1 Å². The summed E-state index contributed by atoms with van der Waals surface area (Å²) in [4.78, 5) is 10.6. The first kappa shape index (κ1) is 12.3. The Morgan fingerprint density at radius 3 is 2.67 bits per heavy atom. The molecule has 0 saturated heterocycles. The second-order valence-electron chi connectivity index (χ2n) is 3.26. The number of urea groups is 1. The Morgan fingerprint density at radius 1 is 1.53 bits per heavy atom. The first-order valence-corrected chi connectivity index (χ1v) is 5.58. The third-order valence-corrected chi connectivity index (χ3v) is 3.05. The van der Waals surface area contributed by atoms with Gasteiger partial charge in [0.1, 0.15) is 0 Å². The van der Waals surface area contributed by atoms with Crippen molar-refractivity contribution < 1.29 is 9.90 Å². The number of primary amides is 1. The molecule has 4 nitrogen and oxygen atoms in total. The van der Waals surface area contributed by atoms with Crippen LogP contribution >= 0.6 is 22.6 Å². The highest BCUT2D eigenvalue weighted by Gasteiger charge is 2.18. The number of benzene rings is 1. The molecule has 1 aromatic carbocycles. The van der Waals surface area contributed by atoms with E-state index in [-0.39, 0.29) is 0 Å². The average Bonchev–Trinajstić information content (AvgIpc) is 2.16. The fraction of sp³-hybridized carbons (Fsp3) is 0.300. The molecule has 0 aliphatic carbocycles. The predicted molar refractivity (Wildman–Crippen MR) is 66.3 cm³/mol. The van der Waals surface area contributed by atoms with Crippen molar-refractivity contribution in [2.75, 3.05) is 0 Å². The molecule has 15 heavy (non-hydrogen) atoms. The van der Waals surface area contributed by atoms with Crippen molar-refractivity contribution in [3.8, 4) is 0 Å². The molecule has 0 unspecified atom stereocenters. The van der Waals surface area contributed by atoms with E-state index in [4.69, 9.17) is 5.73 Å². The summed E-state index contributed by atoms with van der Waals surface area (Å²) in [7, 11) is 0. The maximum atomic E-state index is 10.6. The summed E-state index contributed by atoms with van der Waals surface area (Å²) in [6, 6.07) is 6.43. The van der Waals surface area contributed by atoms with E-state index >= 15 is 0 Å². The van der Waals surface area contributed by atoms with Gasteiger partial charge in [-0.1, -0.05) is 18.2 Å². The Kier molecular flexibility index (Phi) is 4.34. The molecule has 4 N–H and O–H groups in total. The van der Waals surface area contributed by atoms with Gasteiger partial charge in [-0.2, -0.15) is 0 Å². The van der Waals surface area contributed by atoms with Gasteiger partial charge in [0.15, 0.2) is 0 Å². The van der Waals surface area contributed by atoms with Crippen LogP contribution in [0.1, 0.15) is 18.6 Å². The molecule has 0 heterocycles. The fourth-order valence-corrected chi connectivity index (χ4v) is 1.99. The number of rotatable bonds is 3. The molecule has 0 bridgehead atoms. The molecule has 0 spiro atoms. The largest absolute Gasteiger partial charge is 0.386 e. The molecule has 0 saturated carbocycles. The molecular weight excluding hydrogens is 307 g/mol. The van der Waals surface area contributed by atoms with Crippen molar-refractivity contribution in [1.29, 1.82) is 0 Å². The number of hydrogen-bond acceptors (Lipinski definition) is 2. The van der Waals surface area contributed by atoms with E-state index < -0.39 is 18.2 Å². The van der Waals surface area contributed by atoms with Crippen LogP contribution in [0, 0.1) is 3.57 Å². The molecule has 2 atom stereocenters. The van der Waals surface area contributed by atoms with Gasteiger partial charge < -0.3 is 16.2 Å². The van der Waals surface area contributed by atoms with E-state index in [9.17, 15) is 9.90 Å². The zero-order valence-electron chi connectivity index (χ0n) is 8.27. The normalized spacial score (nSPS) is 14.3. The van der Waals surface area contributed by atoms with Crippen LogP contribution in [0.5, 0.6) is 0 Å². The minimum atomic E-state index is -0.745. The van der Waals surface area contributed by atoms with Gasteiger partial charge in [0.2, 0.25) is 0 Å². The minimum Gasteiger partial charge on any atom is -0.386 e. The first-order valence-electron chi connectivity index (χ1n) is 4.51. The van der Waals surface area contributed by atoms with E-state index in [1.807, 2.05) is 24.3 Å². The number of aliphatic hydroxyl groups is 1. The smallest absolute Gasteiger partial charge is 0.312 e. The number of hydrogen-bond donors (Lipinski definition) is 3. The van der Waals surface area contributed by atoms with Gasteiger partial charge in [0.25, 0.3) is 0 Å². The first-order chi connectivity index (χ1) is 7.02. The fourth-order valence-electron chi connectivity index (χ4n) is 1.29. The van der Waals surface area contributed by atoms with Crippen molar-refractivity contribution in [3.63, 3.8) is 0 Å². The summed E-state index contributed by atoms with van der Waals surface area (Å²) in [5, 5.41) is 12.4. The van der Waals surface area contributed by atoms with E-state index in [1.165, 1.54) is 0 Å². The van der Waals surface area contributed by atoms with Gasteiger partial charge in [0, 0.05) is 3.57 Å². The summed E-state index contributed by atoms with van der Waals surface area (Å²) in [6.45, 7) is 1.71. The molecule has 0 fully saturated rings. The molecule has 82 valence electrons. The standard InChI is InChI=1S/C10H13IN2O2/c1-6(13-10(12)15)9(14)7-4-2-3-5-8(7)11/h2-6,9,14H,1H3,(H3,12,13,15)/t6-,9+/m1/s1. The lowest BCUT2D eigenvalue weighted by molar-refractivity contribution is 0.138. The molecule has 0 radical (unpaired) electrons. The van der Waals surface area contributed by atoms with Gasteiger partial charge >= 0.3 is 6.03 Å². The van der Waals surface area contributed by atoms with Crippen LogP contribution in [0.3, 0.4) is 0 Å². The number of nitrogens with one attached hydrogen (secondary N) is 1. The number of nitrogens with two attached hydrogens (primary N) is 1. The lowest BCUT2D eigenvalue weighted by Gasteiger charge is -2.20. The van der Waals surface area contributed by atoms with E-state index in [0.29, 0.717) is 0 Å². The number of carbonyl (C=O) groups excluding carboxylic acids is 1. The monoisotopic (exact) mass is 320 g/mol. The Hall–Kier alpha value is -0.820. The van der Waals surface area contributed by atoms with Gasteiger partial charge in [-0.25, -0.2) is 4.79 Å². The number of aliphatic hydroxyl groups excluding tert-OH is 1. The quantitative estimate of drug-likeness (QED) is 0.736. The van der Waals surface area contributed by atoms with Gasteiger partial charge in [-0.05, 0) is 41.1 Å². The lowest BCUT2D eigenvalue weighted by Crippen LogP contribution is -2.40. The van der Waals surface area contributed by atoms with E-state index in [2.05, 4.69) is 27.9 Å². The summed E-state index contributed by atoms with van der Waals surface area (Å²) < 4.78 is 0.959. The molecule has 1 rings (SSSR count). The number of amides is 2. The summed E-state index contributed by atoms with van der Waals surface area (Å²) in [5.74, 6) is 0. The van der Waals surface area contributed by atoms with Crippen molar-refractivity contribution in [1.82, 2.24) is 5.32 Å². The highest BCUT2D eigenvalue weighted by Crippen LogP contribution is 2.22. The van der Waals surface area contributed by atoms with E-state index in [1.54, 1.807) is 6.92 Å². The minimum absolute atomic E-state index is 0.404. The van der Waals surface area contributed by atoms with Crippen LogP contribution in [-0.4, -0.2) is 17.2 Å². The van der Waals surface area contributed by atoms with Crippen molar-refractivity contribution >= 4 is 28.6 Å². The maximum absolute atomic E-state index is 10.6. The predicted octanol–water partition coefficient (Wildman–Crippen LogP) is 1.38. The lowest BCUT2D eigenvalue weighted by atomic mass is 10.0. The number of carbonyl (C=O) groups is 1. The third-order valence-electron chi connectivity index (χ3n) is 2.07. The van der Waals surface area contributed by atoms with Crippen LogP contribution in [0.4, 0.5) is 4.79 Å². The highest BCUT2D eigenvalue weighted by atomic mass is 127. The topological polar surface area (TPSA) is 75.3 Å². The molecule has 0 aliphatic rings. The van der Waals surface area contributed by atoms with Crippen molar-refractivity contribution in [2.24, 2.45) is 5.73 Å². The number of halogens is 1. The van der Waals surface area contributed by atoms with Crippen molar-refractivity contribution in [2.45, 2.75) is 19.1 Å². The second-order valence-corrected chi connectivity index (χ2v) is 4.43. The molecule has 1 aromatic rings. The Labute approximate surface area is 102 Å². The highest BCUT2D eigenvalue weighted by molar-refractivity contribution is 14.1. The SMILES string of the molecule is C[C@@H](NC(N)=O)[C@H](O)c1ccccc1I. The molecule has 0 aliphatic heterocycles. The molecule has 0 aromatic heterocycles. The zero-order chi connectivity index (χ0) is 11.4. The second kappa shape index (κ2) is 5.32. The average molecular weight is 320 g/mol. The van der Waals surface area contributed by atoms with Gasteiger partial charge in [-0.3, -0.25) is 0 Å². The Morgan fingerprint density at radius 2 is 2.13 bits per heavy atom. The van der Waals surface area contributed by atoms with Crippen LogP contribution in [0.2, 0.25) is 0 Å². The van der Waals surface area contributed by atoms with Gasteiger partial charge in [-0.15, -0.1) is 0 Å². The Balaban J connectivity index is 2.80. The van der Waals surface area contributed by atoms with Crippen molar-refractivity contribution in [3.05, 3.63) is 33.4 Å². The van der Waals surface area contributed by atoms with E-state index in [0.717, 1.165) is 9.13 Å². The van der Waals surface area contributed by atoms with Crippen LogP contribution in [0.25, 0.3) is 0 Å². The third kappa shape index (κ3) is 3.35. The molecular formula is C10H13IN2O2. The van der Waals surface area contributed by atoms with Crippen LogP contribution in [-0.2, 0) is 0 Å². The molecule has 2 amide bonds. The summed E-state index contributed by atoms with van der Waals surface area (Å²) in [5.41, 5.74) is 5.78. The summed E-state index contributed by atoms with van der Waals surface area (Å²) in [6.07, 6.45) is -0.745.